The first kappa shape index (κ1) is 14.5. The van der Waals surface area contributed by atoms with Gasteiger partial charge in [-0.2, -0.15) is 4.31 Å². The molecule has 0 aliphatic carbocycles. The molecule has 0 N–H and O–H groups in total. The second-order valence-electron chi connectivity index (χ2n) is 4.04. The summed E-state index contributed by atoms with van der Waals surface area (Å²) in [4.78, 5) is 3.78. The Morgan fingerprint density at radius 2 is 1.95 bits per heavy atom. The minimum atomic E-state index is -3.56. The van der Waals surface area contributed by atoms with Gasteiger partial charge >= 0.3 is 0 Å². The quantitative estimate of drug-likeness (QED) is 0.870. The number of sulfonamides is 1. The van der Waals surface area contributed by atoms with Crippen molar-refractivity contribution in [1.29, 1.82) is 0 Å². The van der Waals surface area contributed by atoms with Crippen molar-refractivity contribution in [2.75, 3.05) is 7.05 Å². The molecule has 0 saturated carbocycles. The Morgan fingerprint density at radius 1 is 1.32 bits per heavy atom. The van der Waals surface area contributed by atoms with Crippen LogP contribution in [0.5, 0.6) is 0 Å². The van der Waals surface area contributed by atoms with Gasteiger partial charge in [-0.3, -0.25) is 0 Å². The average Bonchev–Trinajstić information content (AvgIpc) is 2.85. The van der Waals surface area contributed by atoms with E-state index in [-0.39, 0.29) is 14.7 Å². The molecule has 1 atom stereocenters. The van der Waals surface area contributed by atoms with Crippen LogP contribution in [-0.4, -0.2) is 24.8 Å². The van der Waals surface area contributed by atoms with Crippen LogP contribution in [0.15, 0.2) is 40.7 Å². The summed E-state index contributed by atoms with van der Waals surface area (Å²) in [6.07, 6.45) is 1.29. The van der Waals surface area contributed by atoms with Crippen molar-refractivity contribution in [3.63, 3.8) is 0 Å². The van der Waals surface area contributed by atoms with Gasteiger partial charge < -0.3 is 0 Å². The second-order valence-corrected chi connectivity index (χ2v) is 7.88. The molecule has 0 amide bonds. The van der Waals surface area contributed by atoms with E-state index < -0.39 is 10.0 Å². The SMILES string of the molecule is CC(c1ccccc1)N(C)S(=O)(=O)c1cnc(Cl)s1. The van der Waals surface area contributed by atoms with Gasteiger partial charge in [-0.1, -0.05) is 53.3 Å². The van der Waals surface area contributed by atoms with Gasteiger partial charge in [0.25, 0.3) is 10.0 Å². The van der Waals surface area contributed by atoms with Crippen molar-refractivity contribution in [3.8, 4) is 0 Å². The van der Waals surface area contributed by atoms with Crippen LogP contribution in [0.4, 0.5) is 0 Å². The number of hydrogen-bond donors (Lipinski definition) is 0. The maximum atomic E-state index is 12.4. The van der Waals surface area contributed by atoms with Crippen LogP contribution in [0.1, 0.15) is 18.5 Å². The Balaban J connectivity index is 2.31. The number of nitrogens with zero attached hydrogens (tertiary/aromatic N) is 2. The lowest BCUT2D eigenvalue weighted by molar-refractivity contribution is 0.399. The van der Waals surface area contributed by atoms with Gasteiger partial charge in [-0.05, 0) is 12.5 Å². The average molecular weight is 317 g/mol. The van der Waals surface area contributed by atoms with E-state index in [9.17, 15) is 8.42 Å². The fourth-order valence-corrected chi connectivity index (χ4v) is 4.48. The molecule has 7 heteroatoms. The van der Waals surface area contributed by atoms with Gasteiger partial charge in [-0.15, -0.1) is 0 Å². The van der Waals surface area contributed by atoms with Crippen LogP contribution in [-0.2, 0) is 10.0 Å². The van der Waals surface area contributed by atoms with Crippen molar-refractivity contribution in [3.05, 3.63) is 46.6 Å². The summed E-state index contributed by atoms with van der Waals surface area (Å²) >= 11 is 6.65. The third-order valence-electron chi connectivity index (χ3n) is 2.92. The molecule has 0 spiro atoms. The molecule has 0 aliphatic heterocycles. The van der Waals surface area contributed by atoms with Crippen molar-refractivity contribution in [2.24, 2.45) is 0 Å². The minimum Gasteiger partial charge on any atom is -0.232 e. The molecule has 0 saturated heterocycles. The summed E-state index contributed by atoms with van der Waals surface area (Å²) in [5.74, 6) is 0. The van der Waals surface area contributed by atoms with E-state index in [1.54, 1.807) is 7.05 Å². The van der Waals surface area contributed by atoms with Crippen LogP contribution in [0, 0.1) is 0 Å². The zero-order valence-corrected chi connectivity index (χ0v) is 12.8. The van der Waals surface area contributed by atoms with E-state index in [0.717, 1.165) is 16.9 Å². The first-order chi connectivity index (χ1) is 8.93. The van der Waals surface area contributed by atoms with Crippen LogP contribution in [0.2, 0.25) is 4.47 Å². The van der Waals surface area contributed by atoms with Crippen LogP contribution < -0.4 is 0 Å². The largest absolute Gasteiger partial charge is 0.254 e. The zero-order chi connectivity index (χ0) is 14.0. The number of halogens is 1. The van der Waals surface area contributed by atoms with Crippen molar-refractivity contribution in [2.45, 2.75) is 17.2 Å². The smallest absolute Gasteiger partial charge is 0.232 e. The molecule has 19 heavy (non-hydrogen) atoms. The van der Waals surface area contributed by atoms with E-state index in [0.29, 0.717) is 0 Å². The molecular weight excluding hydrogens is 304 g/mol. The van der Waals surface area contributed by atoms with Gasteiger partial charge in [0.1, 0.15) is 0 Å². The summed E-state index contributed by atoms with van der Waals surface area (Å²) < 4.78 is 26.5. The topological polar surface area (TPSA) is 50.3 Å². The lowest BCUT2D eigenvalue weighted by Gasteiger charge is -2.23. The van der Waals surface area contributed by atoms with Crippen molar-refractivity contribution in [1.82, 2.24) is 9.29 Å². The molecule has 0 fully saturated rings. The molecule has 1 unspecified atom stereocenters. The first-order valence-electron chi connectivity index (χ1n) is 5.57. The summed E-state index contributed by atoms with van der Waals surface area (Å²) in [5, 5.41) is 0. The van der Waals surface area contributed by atoms with E-state index in [1.807, 2.05) is 37.3 Å². The standard InChI is InChI=1S/C12H13ClN2O2S2/c1-9(10-6-4-3-5-7-10)15(2)19(16,17)11-8-14-12(13)18-11/h3-9H,1-2H3. The molecule has 0 bridgehead atoms. The molecule has 1 heterocycles. The summed E-state index contributed by atoms with van der Waals surface area (Å²) in [5.41, 5.74) is 0.934. The fourth-order valence-electron chi connectivity index (χ4n) is 1.65. The van der Waals surface area contributed by atoms with Crippen molar-refractivity contribution < 1.29 is 8.42 Å². The van der Waals surface area contributed by atoms with Crippen LogP contribution in [0.25, 0.3) is 0 Å². The third-order valence-corrected chi connectivity index (χ3v) is 6.40. The predicted molar refractivity (Wildman–Crippen MR) is 76.9 cm³/mol. The Labute approximate surface area is 121 Å². The number of aromatic nitrogens is 1. The number of rotatable bonds is 4. The van der Waals surface area contributed by atoms with E-state index in [1.165, 1.54) is 10.5 Å². The second kappa shape index (κ2) is 5.58. The Morgan fingerprint density at radius 3 is 2.47 bits per heavy atom. The van der Waals surface area contributed by atoms with Crippen LogP contribution in [0.3, 0.4) is 0 Å². The molecule has 0 radical (unpaired) electrons. The minimum absolute atomic E-state index is 0.155. The lowest BCUT2D eigenvalue weighted by Crippen LogP contribution is -2.29. The number of benzene rings is 1. The molecule has 0 aliphatic rings. The highest BCUT2D eigenvalue weighted by Gasteiger charge is 2.28. The van der Waals surface area contributed by atoms with Gasteiger partial charge in [0.05, 0.1) is 6.20 Å². The van der Waals surface area contributed by atoms with Gasteiger partial charge in [0.15, 0.2) is 8.68 Å². The molecule has 1 aromatic heterocycles. The Kier molecular flexibility index (Phi) is 4.25. The summed E-state index contributed by atoms with van der Waals surface area (Å²) in [6.45, 7) is 1.84. The molecule has 4 nitrogen and oxygen atoms in total. The molecular formula is C12H13ClN2O2S2. The number of hydrogen-bond acceptors (Lipinski definition) is 4. The highest BCUT2D eigenvalue weighted by atomic mass is 35.5. The zero-order valence-electron chi connectivity index (χ0n) is 10.4. The lowest BCUT2D eigenvalue weighted by atomic mass is 10.1. The summed E-state index contributed by atoms with van der Waals surface area (Å²) in [6, 6.07) is 9.21. The highest BCUT2D eigenvalue weighted by Crippen LogP contribution is 2.29. The molecule has 2 rings (SSSR count). The number of thiazole rings is 1. The Hall–Kier alpha value is -0.950. The monoisotopic (exact) mass is 316 g/mol. The van der Waals surface area contributed by atoms with Crippen LogP contribution >= 0.6 is 22.9 Å². The van der Waals surface area contributed by atoms with E-state index in [4.69, 9.17) is 11.6 Å². The van der Waals surface area contributed by atoms with Gasteiger partial charge in [-0.25, -0.2) is 13.4 Å². The Bertz CT molecular complexity index is 655. The normalized spacial score (nSPS) is 13.7. The molecule has 2 aromatic rings. The molecule has 102 valence electrons. The fraction of sp³-hybridized carbons (Fsp3) is 0.250. The van der Waals surface area contributed by atoms with E-state index in [2.05, 4.69) is 4.98 Å². The summed E-state index contributed by atoms with van der Waals surface area (Å²) in [7, 11) is -2.00. The van der Waals surface area contributed by atoms with E-state index >= 15 is 0 Å². The predicted octanol–water partition coefficient (Wildman–Crippen LogP) is 3.18. The van der Waals surface area contributed by atoms with Gasteiger partial charge in [0, 0.05) is 13.1 Å². The maximum absolute atomic E-state index is 12.4. The third kappa shape index (κ3) is 2.97. The first-order valence-corrected chi connectivity index (χ1v) is 8.20. The molecule has 1 aromatic carbocycles. The van der Waals surface area contributed by atoms with Gasteiger partial charge in [0.2, 0.25) is 0 Å². The maximum Gasteiger partial charge on any atom is 0.254 e. The van der Waals surface area contributed by atoms with Crippen molar-refractivity contribution >= 4 is 33.0 Å². The highest BCUT2D eigenvalue weighted by molar-refractivity contribution is 7.91.